The first-order valence-electron chi connectivity index (χ1n) is 11.9. The number of rotatable bonds is 8. The Morgan fingerprint density at radius 2 is 1.89 bits per heavy atom. The number of benzene rings is 1. The van der Waals surface area contributed by atoms with Gasteiger partial charge in [-0.05, 0) is 43.5 Å². The van der Waals surface area contributed by atoms with Gasteiger partial charge in [-0.1, -0.05) is 41.7 Å². The Bertz CT molecular complexity index is 1060. The molecule has 196 valence electrons. The van der Waals surface area contributed by atoms with Gasteiger partial charge in [-0.2, -0.15) is 0 Å². The van der Waals surface area contributed by atoms with Gasteiger partial charge in [0, 0.05) is 50.4 Å². The van der Waals surface area contributed by atoms with Crippen molar-refractivity contribution in [3.63, 3.8) is 0 Å². The van der Waals surface area contributed by atoms with E-state index in [0.717, 1.165) is 75.7 Å². The quantitative estimate of drug-likeness (QED) is 0.139. The number of aromatic nitrogens is 1. The topological polar surface area (TPSA) is 70.2 Å². The van der Waals surface area contributed by atoms with Crippen LogP contribution in [-0.4, -0.2) is 72.6 Å². The first kappa shape index (κ1) is 27.6. The van der Waals surface area contributed by atoms with Crippen molar-refractivity contribution >= 4 is 64.4 Å². The third-order valence-corrected chi connectivity index (χ3v) is 8.31. The molecule has 0 bridgehead atoms. The third kappa shape index (κ3) is 6.51. The number of carbonyl (C=O) groups is 1. The zero-order chi connectivity index (χ0) is 25.7. The molecule has 2 saturated heterocycles. The monoisotopic (exact) mass is 573 g/mol. The van der Waals surface area contributed by atoms with E-state index in [0.29, 0.717) is 32.7 Å². The normalized spacial score (nSPS) is 19.5. The highest BCUT2D eigenvalue weighted by atomic mass is 35.5. The maximum Gasteiger partial charge on any atom is 0.253 e. The molecule has 0 saturated carbocycles. The second-order valence-corrected chi connectivity index (χ2v) is 10.6. The average molecular weight is 575 g/mol. The summed E-state index contributed by atoms with van der Waals surface area (Å²) in [5, 5.41) is 1.45. The number of amides is 1. The molecule has 1 N–H and O–H groups in total. The molecule has 1 aromatic carbocycles. The molecule has 0 spiro atoms. The Hall–Kier alpha value is -1.46. The van der Waals surface area contributed by atoms with Crippen molar-refractivity contribution in [1.82, 2.24) is 14.8 Å². The number of halogens is 3. The largest absolute Gasteiger partial charge is 0.353 e. The lowest BCUT2D eigenvalue weighted by Gasteiger charge is -2.47. The molecule has 0 radical (unpaired) electrons. The van der Waals surface area contributed by atoms with Crippen LogP contribution in [0.2, 0.25) is 15.1 Å². The molecule has 2 aliphatic heterocycles. The van der Waals surface area contributed by atoms with Crippen LogP contribution in [-0.2, 0) is 9.22 Å². The van der Waals surface area contributed by atoms with Crippen LogP contribution in [0.1, 0.15) is 36.5 Å². The van der Waals surface area contributed by atoms with Gasteiger partial charge in [-0.3, -0.25) is 9.69 Å². The molecule has 4 rings (SSSR count). The standard InChI is InChI=1S/C24H30Cl3N5O3S/c1-3-18-15-31(23-22(27)13-17(14-28-23)29-36-35-34-2)10-11-32(18)19-6-8-30(9-7-19)24(33)16-4-5-20(25)21(26)12-16/h4-5,12-14,18-19,29H,3,6-11,15H2,1-2H3/t18-/m0/s1. The van der Waals surface area contributed by atoms with Crippen LogP contribution in [0.5, 0.6) is 0 Å². The molecule has 2 aliphatic rings. The van der Waals surface area contributed by atoms with Crippen LogP contribution in [0, 0.1) is 0 Å². The first-order valence-corrected chi connectivity index (χ1v) is 13.8. The Balaban J connectivity index is 1.33. The summed E-state index contributed by atoms with van der Waals surface area (Å²) in [4.78, 5) is 28.9. The summed E-state index contributed by atoms with van der Waals surface area (Å²) in [6.45, 7) is 6.32. The second-order valence-electron chi connectivity index (χ2n) is 8.85. The number of piperidine rings is 1. The molecule has 0 unspecified atom stereocenters. The number of pyridine rings is 1. The summed E-state index contributed by atoms with van der Waals surface area (Å²) in [7, 11) is 1.44. The van der Waals surface area contributed by atoms with Gasteiger partial charge in [0.25, 0.3) is 5.91 Å². The van der Waals surface area contributed by atoms with E-state index in [-0.39, 0.29) is 5.91 Å². The van der Waals surface area contributed by atoms with Gasteiger partial charge < -0.3 is 14.5 Å². The summed E-state index contributed by atoms with van der Waals surface area (Å²) in [6, 6.07) is 7.74. The number of carbonyl (C=O) groups excluding carboxylic acids is 1. The maximum absolute atomic E-state index is 13.0. The number of nitrogens with one attached hydrogen (secondary N) is 1. The van der Waals surface area contributed by atoms with Crippen LogP contribution >= 0.6 is 47.0 Å². The van der Waals surface area contributed by atoms with E-state index in [1.165, 1.54) is 7.11 Å². The molecule has 0 aliphatic carbocycles. The third-order valence-electron chi connectivity index (χ3n) is 6.77. The van der Waals surface area contributed by atoms with E-state index in [1.54, 1.807) is 24.4 Å². The van der Waals surface area contributed by atoms with Crippen LogP contribution in [0.25, 0.3) is 0 Å². The highest BCUT2D eigenvalue weighted by Crippen LogP contribution is 2.31. The molecule has 2 aromatic rings. The van der Waals surface area contributed by atoms with Crippen molar-refractivity contribution in [2.24, 2.45) is 0 Å². The van der Waals surface area contributed by atoms with E-state index in [1.807, 2.05) is 11.0 Å². The Morgan fingerprint density at radius 3 is 2.56 bits per heavy atom. The minimum atomic E-state index is 0.00899. The molecular weight excluding hydrogens is 545 g/mol. The molecule has 8 nitrogen and oxygen atoms in total. The maximum atomic E-state index is 13.0. The highest BCUT2D eigenvalue weighted by molar-refractivity contribution is 7.95. The summed E-state index contributed by atoms with van der Waals surface area (Å²) in [5.41, 5.74) is 1.32. The van der Waals surface area contributed by atoms with Crippen molar-refractivity contribution in [1.29, 1.82) is 0 Å². The van der Waals surface area contributed by atoms with Crippen molar-refractivity contribution in [2.75, 3.05) is 49.5 Å². The lowest BCUT2D eigenvalue weighted by Crippen LogP contribution is -2.58. The molecule has 12 heteroatoms. The molecular formula is C24H30Cl3N5O3S. The number of hydrogen-bond acceptors (Lipinski definition) is 8. The Labute approximate surface area is 231 Å². The van der Waals surface area contributed by atoms with E-state index in [4.69, 9.17) is 39.1 Å². The molecule has 2 fully saturated rings. The molecule has 1 amide bonds. The number of likely N-dealkylation sites (tertiary alicyclic amines) is 1. The summed E-state index contributed by atoms with van der Waals surface area (Å²) < 4.78 is 7.73. The highest BCUT2D eigenvalue weighted by Gasteiger charge is 2.35. The van der Waals surface area contributed by atoms with Gasteiger partial charge in [0.15, 0.2) is 0 Å². The Kier molecular flexibility index (Phi) is 9.85. The fraction of sp³-hybridized carbons (Fsp3) is 0.500. The number of hydrogen-bond donors (Lipinski definition) is 1. The van der Waals surface area contributed by atoms with Gasteiger partial charge in [0.05, 0.1) is 34.1 Å². The average Bonchev–Trinajstić information content (AvgIpc) is 2.90. The van der Waals surface area contributed by atoms with Gasteiger partial charge >= 0.3 is 0 Å². The predicted molar refractivity (Wildman–Crippen MR) is 147 cm³/mol. The molecule has 3 heterocycles. The van der Waals surface area contributed by atoms with Gasteiger partial charge in [-0.25, -0.2) is 9.87 Å². The van der Waals surface area contributed by atoms with Crippen molar-refractivity contribution in [2.45, 2.75) is 38.3 Å². The van der Waals surface area contributed by atoms with Crippen LogP contribution in [0.4, 0.5) is 11.5 Å². The Morgan fingerprint density at radius 1 is 1.11 bits per heavy atom. The second kappa shape index (κ2) is 12.9. The number of piperazine rings is 1. The lowest BCUT2D eigenvalue weighted by atomic mass is 9.97. The van der Waals surface area contributed by atoms with Crippen LogP contribution in [0.3, 0.4) is 0 Å². The molecule has 1 aromatic heterocycles. The predicted octanol–water partition coefficient (Wildman–Crippen LogP) is 5.80. The fourth-order valence-corrected chi connectivity index (χ4v) is 5.83. The zero-order valence-corrected chi connectivity index (χ0v) is 23.3. The minimum absolute atomic E-state index is 0.00899. The number of anilines is 2. The first-order chi connectivity index (χ1) is 17.4. The lowest BCUT2D eigenvalue weighted by molar-refractivity contribution is -0.159. The number of nitrogens with zero attached hydrogens (tertiary/aromatic N) is 4. The van der Waals surface area contributed by atoms with E-state index in [9.17, 15) is 4.79 Å². The van der Waals surface area contributed by atoms with Gasteiger partial charge in [0.1, 0.15) is 18.0 Å². The molecule has 1 atom stereocenters. The zero-order valence-electron chi connectivity index (χ0n) is 20.3. The fourth-order valence-electron chi connectivity index (χ4n) is 4.94. The van der Waals surface area contributed by atoms with Crippen molar-refractivity contribution < 1.29 is 14.0 Å². The molecule has 36 heavy (non-hydrogen) atoms. The summed E-state index contributed by atoms with van der Waals surface area (Å²) in [6.07, 6.45) is 4.66. The van der Waals surface area contributed by atoms with Crippen LogP contribution in [0.15, 0.2) is 30.5 Å². The van der Waals surface area contributed by atoms with E-state index in [2.05, 4.69) is 31.3 Å². The van der Waals surface area contributed by atoms with E-state index < -0.39 is 0 Å². The summed E-state index contributed by atoms with van der Waals surface area (Å²) in [5.74, 6) is 0.801. The van der Waals surface area contributed by atoms with E-state index >= 15 is 0 Å². The van der Waals surface area contributed by atoms with Crippen LogP contribution < -0.4 is 9.62 Å². The van der Waals surface area contributed by atoms with Crippen molar-refractivity contribution in [3.8, 4) is 0 Å². The van der Waals surface area contributed by atoms with Gasteiger partial charge in [-0.15, -0.1) is 4.33 Å². The van der Waals surface area contributed by atoms with Gasteiger partial charge in [0.2, 0.25) is 0 Å². The SMILES string of the molecule is CC[C@H]1CN(c2ncc(NSOOC)cc2Cl)CCN1C1CCN(C(=O)c2ccc(Cl)c(Cl)c2)CC1. The smallest absolute Gasteiger partial charge is 0.253 e. The minimum Gasteiger partial charge on any atom is -0.353 e. The summed E-state index contributed by atoms with van der Waals surface area (Å²) >= 11 is 19.6. The van der Waals surface area contributed by atoms with Crippen molar-refractivity contribution in [3.05, 3.63) is 51.1 Å².